The zero-order valence-corrected chi connectivity index (χ0v) is 9.57. The van der Waals surface area contributed by atoms with E-state index in [4.69, 9.17) is 0 Å². The molecule has 0 aromatic carbocycles. The summed E-state index contributed by atoms with van der Waals surface area (Å²) in [5.74, 6) is 0.129. The smallest absolute Gasteiger partial charge is 0.324 e. The fourth-order valence-electron chi connectivity index (χ4n) is 2.16. The molecule has 0 aromatic heterocycles. The standard InChI is InChI=1S/C11H18N2O3/c1-16-11(15)9-7-13(6-5-12-9)10(14)8-3-2-4-8/h8-9,12H,2-7H2,1H3. The Kier molecular flexibility index (Phi) is 3.43. The van der Waals surface area contributed by atoms with Gasteiger partial charge in [0, 0.05) is 25.6 Å². The lowest BCUT2D eigenvalue weighted by Crippen LogP contribution is -2.57. The van der Waals surface area contributed by atoms with Crippen LogP contribution in [0, 0.1) is 5.92 Å². The van der Waals surface area contributed by atoms with Gasteiger partial charge < -0.3 is 15.0 Å². The number of nitrogens with one attached hydrogen (secondary N) is 1. The molecule has 0 radical (unpaired) electrons. The lowest BCUT2D eigenvalue weighted by Gasteiger charge is -2.36. The number of nitrogens with zero attached hydrogens (tertiary/aromatic N) is 1. The molecule has 1 heterocycles. The van der Waals surface area contributed by atoms with Gasteiger partial charge in [0.25, 0.3) is 0 Å². The van der Waals surface area contributed by atoms with Crippen LogP contribution in [0.4, 0.5) is 0 Å². The second-order valence-corrected chi connectivity index (χ2v) is 4.44. The number of hydrogen-bond acceptors (Lipinski definition) is 4. The van der Waals surface area contributed by atoms with E-state index >= 15 is 0 Å². The summed E-state index contributed by atoms with van der Waals surface area (Å²) in [5, 5.41) is 3.06. The van der Waals surface area contributed by atoms with Gasteiger partial charge in [0.2, 0.25) is 5.91 Å². The summed E-state index contributed by atoms with van der Waals surface area (Å²) in [6, 6.07) is -0.359. The minimum absolute atomic E-state index is 0.205. The van der Waals surface area contributed by atoms with Crippen LogP contribution < -0.4 is 5.32 Å². The maximum Gasteiger partial charge on any atom is 0.324 e. The first kappa shape index (κ1) is 11.4. The van der Waals surface area contributed by atoms with Crippen LogP contribution >= 0.6 is 0 Å². The van der Waals surface area contributed by atoms with Crippen molar-refractivity contribution in [3.8, 4) is 0 Å². The fourth-order valence-corrected chi connectivity index (χ4v) is 2.16. The summed E-state index contributed by atoms with van der Waals surface area (Å²) >= 11 is 0. The predicted molar refractivity (Wildman–Crippen MR) is 57.7 cm³/mol. The highest BCUT2D eigenvalue weighted by atomic mass is 16.5. The van der Waals surface area contributed by atoms with E-state index in [0.717, 1.165) is 19.3 Å². The van der Waals surface area contributed by atoms with Crippen molar-refractivity contribution in [3.05, 3.63) is 0 Å². The molecule has 0 spiro atoms. The van der Waals surface area contributed by atoms with Crippen molar-refractivity contribution in [3.63, 3.8) is 0 Å². The third-order valence-electron chi connectivity index (χ3n) is 3.43. The topological polar surface area (TPSA) is 58.6 Å². The van der Waals surface area contributed by atoms with E-state index in [0.29, 0.717) is 19.6 Å². The first-order valence-corrected chi connectivity index (χ1v) is 5.82. The molecule has 1 aliphatic carbocycles. The van der Waals surface area contributed by atoms with Crippen molar-refractivity contribution >= 4 is 11.9 Å². The average molecular weight is 226 g/mol. The molecule has 16 heavy (non-hydrogen) atoms. The first-order valence-electron chi connectivity index (χ1n) is 5.82. The van der Waals surface area contributed by atoms with Gasteiger partial charge in [-0.3, -0.25) is 9.59 Å². The first-order chi connectivity index (χ1) is 7.72. The lowest BCUT2D eigenvalue weighted by molar-refractivity contribution is -0.147. The molecule has 0 bridgehead atoms. The minimum atomic E-state index is -0.359. The number of ether oxygens (including phenoxy) is 1. The second kappa shape index (κ2) is 4.82. The van der Waals surface area contributed by atoms with Crippen molar-refractivity contribution in [2.24, 2.45) is 5.92 Å². The SMILES string of the molecule is COC(=O)C1CN(C(=O)C2CCC2)CCN1. The molecule has 1 amide bonds. The van der Waals surface area contributed by atoms with Crippen LogP contribution in [0.5, 0.6) is 0 Å². The average Bonchev–Trinajstić information content (AvgIpc) is 2.26. The fraction of sp³-hybridized carbons (Fsp3) is 0.818. The van der Waals surface area contributed by atoms with Crippen LogP contribution in [-0.4, -0.2) is 49.6 Å². The van der Waals surface area contributed by atoms with Gasteiger partial charge in [-0.2, -0.15) is 0 Å². The number of piperazine rings is 1. The van der Waals surface area contributed by atoms with Crippen LogP contribution in [0.25, 0.3) is 0 Å². The number of carbonyl (C=O) groups is 2. The zero-order chi connectivity index (χ0) is 11.5. The molecule has 1 aliphatic heterocycles. The van der Waals surface area contributed by atoms with Gasteiger partial charge in [0.1, 0.15) is 6.04 Å². The number of hydrogen-bond donors (Lipinski definition) is 1. The van der Waals surface area contributed by atoms with Crippen LogP contribution in [0.2, 0.25) is 0 Å². The molecule has 1 N–H and O–H groups in total. The second-order valence-electron chi connectivity index (χ2n) is 4.44. The van der Waals surface area contributed by atoms with E-state index in [1.165, 1.54) is 7.11 Å². The van der Waals surface area contributed by atoms with Crippen molar-refractivity contribution in [2.75, 3.05) is 26.7 Å². The predicted octanol–water partition coefficient (Wildman–Crippen LogP) is -0.240. The zero-order valence-electron chi connectivity index (χ0n) is 9.57. The van der Waals surface area contributed by atoms with Crippen molar-refractivity contribution < 1.29 is 14.3 Å². The Labute approximate surface area is 95.1 Å². The number of esters is 1. The summed E-state index contributed by atoms with van der Waals surface area (Å²) in [5.41, 5.74) is 0. The lowest BCUT2D eigenvalue weighted by atomic mass is 9.84. The minimum Gasteiger partial charge on any atom is -0.468 e. The third kappa shape index (κ3) is 2.19. The molecule has 1 saturated heterocycles. The highest BCUT2D eigenvalue weighted by molar-refractivity contribution is 5.82. The number of rotatable bonds is 2. The molecule has 5 nitrogen and oxygen atoms in total. The van der Waals surface area contributed by atoms with E-state index in [9.17, 15) is 9.59 Å². The van der Waals surface area contributed by atoms with Crippen LogP contribution in [0.3, 0.4) is 0 Å². The van der Waals surface area contributed by atoms with Gasteiger partial charge in [0.05, 0.1) is 7.11 Å². The molecular formula is C11H18N2O3. The monoisotopic (exact) mass is 226 g/mol. The molecule has 2 fully saturated rings. The molecule has 5 heteroatoms. The van der Waals surface area contributed by atoms with E-state index < -0.39 is 0 Å². The van der Waals surface area contributed by atoms with Crippen LogP contribution in [-0.2, 0) is 14.3 Å². The quantitative estimate of drug-likeness (QED) is 0.660. The van der Waals surface area contributed by atoms with Crippen LogP contribution in [0.1, 0.15) is 19.3 Å². The normalized spacial score (nSPS) is 26.1. The Morgan fingerprint density at radius 1 is 1.38 bits per heavy atom. The van der Waals surface area contributed by atoms with E-state index in [-0.39, 0.29) is 23.8 Å². The van der Waals surface area contributed by atoms with Gasteiger partial charge in [-0.15, -0.1) is 0 Å². The summed E-state index contributed by atoms with van der Waals surface area (Å²) in [6.45, 7) is 1.81. The molecule has 1 unspecified atom stereocenters. The van der Waals surface area contributed by atoms with E-state index in [1.54, 1.807) is 4.90 Å². The molecule has 90 valence electrons. The Balaban J connectivity index is 1.90. The van der Waals surface area contributed by atoms with Gasteiger partial charge in [0.15, 0.2) is 0 Å². The van der Waals surface area contributed by atoms with E-state index in [2.05, 4.69) is 10.1 Å². The molecule has 0 aromatic rings. The number of carbonyl (C=O) groups excluding carboxylic acids is 2. The van der Waals surface area contributed by atoms with Crippen molar-refractivity contribution in [1.29, 1.82) is 0 Å². The van der Waals surface area contributed by atoms with Crippen LogP contribution in [0.15, 0.2) is 0 Å². The molecule has 1 saturated carbocycles. The summed E-state index contributed by atoms with van der Waals surface area (Å²) in [6.07, 6.45) is 3.17. The molecule has 2 rings (SSSR count). The van der Waals surface area contributed by atoms with Gasteiger partial charge >= 0.3 is 5.97 Å². The van der Waals surface area contributed by atoms with Crippen molar-refractivity contribution in [1.82, 2.24) is 10.2 Å². The van der Waals surface area contributed by atoms with Gasteiger partial charge in [-0.25, -0.2) is 0 Å². The van der Waals surface area contributed by atoms with Gasteiger partial charge in [-0.05, 0) is 12.8 Å². The highest BCUT2D eigenvalue weighted by Gasteiger charge is 2.34. The Hall–Kier alpha value is -1.10. The Morgan fingerprint density at radius 3 is 2.69 bits per heavy atom. The van der Waals surface area contributed by atoms with Gasteiger partial charge in [-0.1, -0.05) is 6.42 Å². The highest BCUT2D eigenvalue weighted by Crippen LogP contribution is 2.28. The molecule has 1 atom stereocenters. The van der Waals surface area contributed by atoms with E-state index in [1.807, 2.05) is 0 Å². The largest absolute Gasteiger partial charge is 0.468 e. The Bertz CT molecular complexity index is 289. The Morgan fingerprint density at radius 2 is 2.12 bits per heavy atom. The molecule has 2 aliphatic rings. The number of amides is 1. The summed E-state index contributed by atoms with van der Waals surface area (Å²) in [7, 11) is 1.37. The van der Waals surface area contributed by atoms with Crippen molar-refractivity contribution in [2.45, 2.75) is 25.3 Å². The number of methoxy groups -OCH3 is 1. The maximum absolute atomic E-state index is 12.0. The maximum atomic E-state index is 12.0. The third-order valence-corrected chi connectivity index (χ3v) is 3.43. The summed E-state index contributed by atoms with van der Waals surface area (Å²) < 4.78 is 4.68. The molecular weight excluding hydrogens is 208 g/mol. The summed E-state index contributed by atoms with van der Waals surface area (Å²) in [4.78, 5) is 25.1.